The smallest absolute Gasteiger partial charge is 0.276 e. The molecular formula is C17H18N4OS. The van der Waals surface area contributed by atoms with Crippen molar-refractivity contribution >= 4 is 29.3 Å². The molecule has 6 heteroatoms. The Morgan fingerprint density at radius 3 is 2.57 bits per heavy atom. The van der Waals surface area contributed by atoms with Crippen molar-refractivity contribution in [1.82, 2.24) is 20.0 Å². The van der Waals surface area contributed by atoms with Crippen molar-refractivity contribution in [3.63, 3.8) is 0 Å². The zero-order valence-corrected chi connectivity index (χ0v) is 14.1. The van der Waals surface area contributed by atoms with Crippen LogP contribution in [0, 0.1) is 13.8 Å². The molecule has 2 aromatic rings. The molecular weight excluding hydrogens is 308 g/mol. The molecule has 1 N–H and O–H groups in total. The Morgan fingerprint density at radius 2 is 1.96 bits per heavy atom. The van der Waals surface area contributed by atoms with Gasteiger partial charge in [0, 0.05) is 17.8 Å². The second-order valence-corrected chi connectivity index (χ2v) is 5.76. The van der Waals surface area contributed by atoms with Gasteiger partial charge in [0.05, 0.1) is 11.4 Å². The number of nitrogens with zero attached hydrogens (tertiary/aromatic N) is 3. The molecule has 0 atom stereocenters. The molecule has 3 rings (SSSR count). The molecule has 0 aliphatic carbocycles. The first kappa shape index (κ1) is 15.4. The quantitative estimate of drug-likeness (QED) is 0.696. The van der Waals surface area contributed by atoms with Crippen molar-refractivity contribution in [2.75, 3.05) is 6.54 Å². The molecule has 0 saturated carbocycles. The first-order valence-corrected chi connectivity index (χ1v) is 7.90. The largest absolute Gasteiger partial charge is 0.328 e. The Labute approximate surface area is 140 Å². The van der Waals surface area contributed by atoms with Crippen LogP contribution in [0.1, 0.15) is 23.9 Å². The van der Waals surface area contributed by atoms with Crippen molar-refractivity contribution in [3.05, 3.63) is 53.0 Å². The molecule has 1 aliphatic heterocycles. The van der Waals surface area contributed by atoms with Crippen LogP contribution in [0.2, 0.25) is 0 Å². The molecule has 1 aromatic carbocycles. The third-order valence-electron chi connectivity index (χ3n) is 3.92. The fourth-order valence-corrected chi connectivity index (χ4v) is 3.01. The first-order chi connectivity index (χ1) is 11.0. The van der Waals surface area contributed by atoms with Crippen LogP contribution >= 0.6 is 12.2 Å². The predicted octanol–water partition coefficient (Wildman–Crippen LogP) is 2.57. The van der Waals surface area contributed by atoms with E-state index in [1.54, 1.807) is 4.90 Å². The fourth-order valence-electron chi connectivity index (χ4n) is 2.69. The molecule has 2 heterocycles. The van der Waals surface area contributed by atoms with E-state index in [0.29, 0.717) is 17.4 Å². The monoisotopic (exact) mass is 326 g/mol. The average molecular weight is 326 g/mol. The minimum atomic E-state index is -0.0937. The Morgan fingerprint density at radius 1 is 1.26 bits per heavy atom. The van der Waals surface area contributed by atoms with E-state index >= 15 is 0 Å². The number of benzene rings is 1. The molecule has 1 aliphatic rings. The summed E-state index contributed by atoms with van der Waals surface area (Å²) in [4.78, 5) is 13.9. The molecule has 23 heavy (non-hydrogen) atoms. The summed E-state index contributed by atoms with van der Waals surface area (Å²) in [5, 5.41) is 8.03. The first-order valence-electron chi connectivity index (χ1n) is 7.49. The Kier molecular flexibility index (Phi) is 4.00. The average Bonchev–Trinajstić information content (AvgIpc) is 2.98. The Bertz CT molecular complexity index is 808. The van der Waals surface area contributed by atoms with Crippen LogP contribution in [0.3, 0.4) is 0 Å². The number of carbonyl (C=O) groups is 1. The predicted molar refractivity (Wildman–Crippen MR) is 94.1 cm³/mol. The van der Waals surface area contributed by atoms with Gasteiger partial charge in [-0.25, -0.2) is 4.68 Å². The molecule has 0 bridgehead atoms. The molecule has 0 unspecified atom stereocenters. The van der Waals surface area contributed by atoms with Gasteiger partial charge >= 0.3 is 0 Å². The molecule has 1 fully saturated rings. The van der Waals surface area contributed by atoms with Crippen LogP contribution in [-0.2, 0) is 4.79 Å². The molecule has 1 amide bonds. The van der Waals surface area contributed by atoms with Crippen molar-refractivity contribution in [2.24, 2.45) is 0 Å². The highest BCUT2D eigenvalue weighted by Gasteiger charge is 2.29. The number of thiocarbonyl (C=S) groups is 1. The van der Waals surface area contributed by atoms with Gasteiger partial charge < -0.3 is 5.32 Å². The fraction of sp³-hybridized carbons (Fsp3) is 0.235. The van der Waals surface area contributed by atoms with E-state index in [1.165, 1.54) is 0 Å². The number of nitrogens with one attached hydrogen (secondary N) is 1. The van der Waals surface area contributed by atoms with E-state index in [4.69, 9.17) is 12.2 Å². The second-order valence-electron chi connectivity index (χ2n) is 5.37. The summed E-state index contributed by atoms with van der Waals surface area (Å²) in [7, 11) is 0. The molecule has 1 saturated heterocycles. The summed E-state index contributed by atoms with van der Waals surface area (Å²) in [6.07, 6.45) is 1.83. The van der Waals surface area contributed by atoms with Gasteiger partial charge in [0.15, 0.2) is 5.11 Å². The van der Waals surface area contributed by atoms with E-state index in [9.17, 15) is 4.79 Å². The molecule has 0 radical (unpaired) electrons. The maximum Gasteiger partial charge on any atom is 0.276 e. The lowest BCUT2D eigenvalue weighted by Gasteiger charge is -2.08. The van der Waals surface area contributed by atoms with Crippen LogP contribution in [0.5, 0.6) is 0 Å². The third kappa shape index (κ3) is 2.66. The van der Waals surface area contributed by atoms with E-state index < -0.39 is 0 Å². The Hall–Kier alpha value is -2.47. The normalized spacial score (nSPS) is 16.3. The minimum Gasteiger partial charge on any atom is -0.328 e. The highest BCUT2D eigenvalue weighted by molar-refractivity contribution is 7.80. The lowest BCUT2D eigenvalue weighted by molar-refractivity contribution is -0.122. The van der Waals surface area contributed by atoms with E-state index in [2.05, 4.69) is 10.4 Å². The number of hydrogen-bond acceptors (Lipinski definition) is 3. The van der Waals surface area contributed by atoms with E-state index in [-0.39, 0.29) is 5.91 Å². The van der Waals surface area contributed by atoms with Gasteiger partial charge in [-0.05, 0) is 51.2 Å². The van der Waals surface area contributed by atoms with Crippen LogP contribution in [-0.4, -0.2) is 32.2 Å². The summed E-state index contributed by atoms with van der Waals surface area (Å²) >= 11 is 5.19. The number of para-hydroxylation sites is 1. The van der Waals surface area contributed by atoms with Gasteiger partial charge in [-0.15, -0.1) is 0 Å². The molecule has 1 aromatic heterocycles. The Balaban J connectivity index is 2.02. The molecule has 5 nitrogen and oxygen atoms in total. The molecule has 0 spiro atoms. The maximum atomic E-state index is 12.3. The topological polar surface area (TPSA) is 50.2 Å². The highest BCUT2D eigenvalue weighted by atomic mass is 32.1. The second kappa shape index (κ2) is 5.96. The number of aromatic nitrogens is 2. The van der Waals surface area contributed by atoms with Gasteiger partial charge in [0.2, 0.25) is 0 Å². The summed E-state index contributed by atoms with van der Waals surface area (Å²) in [5.41, 5.74) is 4.28. The van der Waals surface area contributed by atoms with Gasteiger partial charge in [-0.3, -0.25) is 9.69 Å². The lowest BCUT2D eigenvalue weighted by Crippen LogP contribution is -2.30. The van der Waals surface area contributed by atoms with Gasteiger partial charge in [-0.2, -0.15) is 5.10 Å². The summed E-state index contributed by atoms with van der Waals surface area (Å²) in [6, 6.07) is 9.93. The minimum absolute atomic E-state index is 0.0937. The lowest BCUT2D eigenvalue weighted by atomic mass is 10.1. The van der Waals surface area contributed by atoms with Crippen molar-refractivity contribution < 1.29 is 4.79 Å². The summed E-state index contributed by atoms with van der Waals surface area (Å²) in [6.45, 7) is 6.39. The van der Waals surface area contributed by atoms with Gasteiger partial charge in [0.25, 0.3) is 5.91 Å². The highest BCUT2D eigenvalue weighted by Crippen LogP contribution is 2.22. The number of likely N-dealkylation sites (N-methyl/N-ethyl adjacent to an activating group) is 1. The van der Waals surface area contributed by atoms with Gasteiger partial charge in [-0.1, -0.05) is 18.2 Å². The zero-order chi connectivity index (χ0) is 16.6. The van der Waals surface area contributed by atoms with Gasteiger partial charge in [0.1, 0.15) is 5.70 Å². The standard InChI is InChI=1S/C17H18N4OS/c1-4-20-16(22)15(18-17(20)23)10-14-11(2)19-21(12(14)3)13-8-6-5-7-9-13/h5-10H,4H2,1-3H3,(H,18,23). The summed E-state index contributed by atoms with van der Waals surface area (Å²) < 4.78 is 1.89. The van der Waals surface area contributed by atoms with E-state index in [1.807, 2.05) is 61.9 Å². The van der Waals surface area contributed by atoms with Crippen molar-refractivity contribution in [2.45, 2.75) is 20.8 Å². The number of carbonyl (C=O) groups excluding carboxylic acids is 1. The number of rotatable bonds is 3. The number of hydrogen-bond donors (Lipinski definition) is 1. The SMILES string of the molecule is CCN1C(=O)C(=Cc2c(C)nn(-c3ccccc3)c2C)NC1=S. The van der Waals surface area contributed by atoms with Crippen molar-refractivity contribution in [3.8, 4) is 5.69 Å². The third-order valence-corrected chi connectivity index (χ3v) is 4.24. The zero-order valence-electron chi connectivity index (χ0n) is 13.3. The van der Waals surface area contributed by atoms with Crippen molar-refractivity contribution in [1.29, 1.82) is 0 Å². The molecule has 118 valence electrons. The number of aryl methyl sites for hydroxylation is 1. The van der Waals surface area contributed by atoms with Crippen LogP contribution in [0.25, 0.3) is 11.8 Å². The summed E-state index contributed by atoms with van der Waals surface area (Å²) in [5.74, 6) is -0.0937. The van der Waals surface area contributed by atoms with Crippen LogP contribution in [0.15, 0.2) is 36.0 Å². The number of amides is 1. The van der Waals surface area contributed by atoms with Crippen LogP contribution in [0.4, 0.5) is 0 Å². The maximum absolute atomic E-state index is 12.3. The van der Waals surface area contributed by atoms with E-state index in [0.717, 1.165) is 22.6 Å². The van der Waals surface area contributed by atoms with Crippen LogP contribution < -0.4 is 5.32 Å².